The summed E-state index contributed by atoms with van der Waals surface area (Å²) in [6.45, 7) is 3.56. The summed E-state index contributed by atoms with van der Waals surface area (Å²) in [5, 5.41) is 2.88. The van der Waals surface area contributed by atoms with Crippen molar-refractivity contribution in [3.05, 3.63) is 28.8 Å². The lowest BCUT2D eigenvalue weighted by Crippen LogP contribution is -2.48. The van der Waals surface area contributed by atoms with E-state index in [1.54, 1.807) is 13.8 Å². The van der Waals surface area contributed by atoms with Gasteiger partial charge < -0.3 is 14.8 Å². The van der Waals surface area contributed by atoms with Gasteiger partial charge in [-0.2, -0.15) is 4.31 Å². The highest BCUT2D eigenvalue weighted by atomic mass is 35.5. The second kappa shape index (κ2) is 10.3. The second-order valence-corrected chi connectivity index (χ2v) is 10.5. The summed E-state index contributed by atoms with van der Waals surface area (Å²) in [5.41, 5.74) is 0.0165. The van der Waals surface area contributed by atoms with Crippen LogP contribution in [0.3, 0.4) is 0 Å². The number of amides is 1. The van der Waals surface area contributed by atoms with Gasteiger partial charge in [0.25, 0.3) is 5.91 Å². The summed E-state index contributed by atoms with van der Waals surface area (Å²) in [7, 11) is -3.93. The van der Waals surface area contributed by atoms with E-state index in [4.69, 9.17) is 21.1 Å². The average Bonchev–Trinajstić information content (AvgIpc) is 2.72. The van der Waals surface area contributed by atoms with Crippen molar-refractivity contribution in [2.75, 3.05) is 19.7 Å². The van der Waals surface area contributed by atoms with E-state index in [0.29, 0.717) is 0 Å². The van der Waals surface area contributed by atoms with Crippen molar-refractivity contribution in [2.24, 2.45) is 0 Å². The largest absolute Gasteiger partial charge is 0.452 e. The fourth-order valence-electron chi connectivity index (χ4n) is 4.02. The molecule has 0 aromatic heterocycles. The van der Waals surface area contributed by atoms with Crippen LogP contribution < -0.4 is 5.32 Å². The maximum absolute atomic E-state index is 13.1. The summed E-state index contributed by atoms with van der Waals surface area (Å²) >= 11 is 6.16. The number of ether oxygens (including phenoxy) is 2. The number of carbonyl (C=O) groups is 2. The molecule has 1 aromatic carbocycles. The number of halogens is 1. The standard InChI is InChI=1S/C21H29ClN2O6S/c1-14-11-24(12-15(2)30-14)31(27,28)19-10-16(8-9-18(19)22)21(26)29-13-20(25)23-17-6-4-3-5-7-17/h8-10,14-15,17H,3-7,11-13H2,1-2H3,(H,23,25)/t14-,15-/m0/s1. The van der Waals surface area contributed by atoms with Gasteiger partial charge in [0.05, 0.1) is 22.8 Å². The maximum atomic E-state index is 13.1. The average molecular weight is 473 g/mol. The molecular weight excluding hydrogens is 444 g/mol. The van der Waals surface area contributed by atoms with Crippen LogP contribution in [0.2, 0.25) is 5.02 Å². The molecule has 10 heteroatoms. The molecule has 0 radical (unpaired) electrons. The lowest BCUT2D eigenvalue weighted by Gasteiger charge is -2.34. The van der Waals surface area contributed by atoms with Crippen LogP contribution in [-0.4, -0.2) is 62.5 Å². The number of nitrogens with zero attached hydrogens (tertiary/aromatic N) is 1. The summed E-state index contributed by atoms with van der Waals surface area (Å²) in [6, 6.07) is 4.04. The van der Waals surface area contributed by atoms with Gasteiger partial charge >= 0.3 is 5.97 Å². The molecule has 0 bridgehead atoms. The van der Waals surface area contributed by atoms with E-state index < -0.39 is 22.6 Å². The number of carbonyl (C=O) groups excluding carboxylic acids is 2. The third-order valence-electron chi connectivity index (χ3n) is 5.48. The molecule has 2 atom stereocenters. The molecule has 1 aliphatic carbocycles. The molecule has 2 aliphatic rings. The molecule has 1 saturated heterocycles. The topological polar surface area (TPSA) is 102 Å². The lowest BCUT2D eigenvalue weighted by molar-refractivity contribution is -0.125. The highest BCUT2D eigenvalue weighted by Gasteiger charge is 2.34. The van der Waals surface area contributed by atoms with Gasteiger partial charge in [0, 0.05) is 19.1 Å². The number of hydrogen-bond acceptors (Lipinski definition) is 6. The fraction of sp³-hybridized carbons (Fsp3) is 0.619. The second-order valence-electron chi connectivity index (χ2n) is 8.20. The van der Waals surface area contributed by atoms with Crippen LogP contribution in [0.4, 0.5) is 0 Å². The Morgan fingerprint density at radius 3 is 2.45 bits per heavy atom. The molecule has 172 valence electrons. The molecule has 1 N–H and O–H groups in total. The van der Waals surface area contributed by atoms with Crippen molar-refractivity contribution in [3.8, 4) is 0 Å². The molecule has 0 spiro atoms. The van der Waals surface area contributed by atoms with E-state index in [-0.39, 0.29) is 52.7 Å². The van der Waals surface area contributed by atoms with E-state index in [1.807, 2.05) is 0 Å². The zero-order valence-corrected chi connectivity index (χ0v) is 19.4. The summed E-state index contributed by atoms with van der Waals surface area (Å²) in [4.78, 5) is 24.3. The molecule has 8 nitrogen and oxygen atoms in total. The molecule has 0 unspecified atom stereocenters. The normalized spacial score (nSPS) is 23.3. The monoisotopic (exact) mass is 472 g/mol. The Bertz CT molecular complexity index is 906. The Labute approximate surface area is 188 Å². The first kappa shape index (κ1) is 24.0. The van der Waals surface area contributed by atoms with Gasteiger partial charge in [-0.3, -0.25) is 4.79 Å². The highest BCUT2D eigenvalue weighted by Crippen LogP contribution is 2.28. The van der Waals surface area contributed by atoms with E-state index >= 15 is 0 Å². The summed E-state index contributed by atoms with van der Waals surface area (Å²) in [5.74, 6) is -1.14. The van der Waals surface area contributed by atoms with E-state index in [0.717, 1.165) is 25.7 Å². The van der Waals surface area contributed by atoms with Crippen LogP contribution in [0.25, 0.3) is 0 Å². The molecule has 31 heavy (non-hydrogen) atoms. The molecule has 1 saturated carbocycles. The van der Waals surface area contributed by atoms with Gasteiger partial charge in [0.15, 0.2) is 6.61 Å². The lowest BCUT2D eigenvalue weighted by atomic mass is 9.95. The Balaban J connectivity index is 1.66. The van der Waals surface area contributed by atoms with Gasteiger partial charge in [0.1, 0.15) is 4.90 Å². The number of hydrogen-bond donors (Lipinski definition) is 1. The first-order valence-electron chi connectivity index (χ1n) is 10.6. The first-order chi connectivity index (χ1) is 14.7. The molecule has 2 fully saturated rings. The molecule has 1 heterocycles. The van der Waals surface area contributed by atoms with Crippen LogP contribution in [0.15, 0.2) is 23.1 Å². The Morgan fingerprint density at radius 2 is 1.81 bits per heavy atom. The highest BCUT2D eigenvalue weighted by molar-refractivity contribution is 7.89. The van der Waals surface area contributed by atoms with Crippen molar-refractivity contribution < 1.29 is 27.5 Å². The van der Waals surface area contributed by atoms with Gasteiger partial charge in [0.2, 0.25) is 10.0 Å². The van der Waals surface area contributed by atoms with Crippen molar-refractivity contribution in [1.29, 1.82) is 0 Å². The summed E-state index contributed by atoms with van der Waals surface area (Å²) < 4.78 is 38.3. The van der Waals surface area contributed by atoms with Crippen molar-refractivity contribution in [2.45, 2.75) is 69.1 Å². The van der Waals surface area contributed by atoms with E-state index in [2.05, 4.69) is 5.32 Å². The predicted molar refractivity (Wildman–Crippen MR) is 116 cm³/mol. The van der Waals surface area contributed by atoms with Crippen LogP contribution in [0.1, 0.15) is 56.3 Å². The number of esters is 1. The first-order valence-corrected chi connectivity index (χ1v) is 12.4. The minimum absolute atomic E-state index is 0.0124. The number of morpholine rings is 1. The zero-order valence-electron chi connectivity index (χ0n) is 17.8. The van der Waals surface area contributed by atoms with Crippen molar-refractivity contribution >= 4 is 33.5 Å². The van der Waals surface area contributed by atoms with Gasteiger partial charge in [-0.25, -0.2) is 13.2 Å². The third-order valence-corrected chi connectivity index (χ3v) is 7.79. The molecule has 1 aliphatic heterocycles. The molecule has 1 amide bonds. The number of sulfonamides is 1. The van der Waals surface area contributed by atoms with Crippen LogP contribution in [0, 0.1) is 0 Å². The quantitative estimate of drug-likeness (QED) is 0.639. The Morgan fingerprint density at radius 1 is 1.16 bits per heavy atom. The SMILES string of the molecule is C[C@H]1CN(S(=O)(=O)c2cc(C(=O)OCC(=O)NC3CCCCC3)ccc2Cl)C[C@H](C)O1. The third kappa shape index (κ3) is 6.19. The van der Waals surface area contributed by atoms with Crippen LogP contribution in [-0.2, 0) is 24.3 Å². The minimum Gasteiger partial charge on any atom is -0.452 e. The maximum Gasteiger partial charge on any atom is 0.338 e. The van der Waals surface area contributed by atoms with Crippen molar-refractivity contribution in [1.82, 2.24) is 9.62 Å². The van der Waals surface area contributed by atoms with E-state index in [9.17, 15) is 18.0 Å². The smallest absolute Gasteiger partial charge is 0.338 e. The Hall–Kier alpha value is -1.68. The summed E-state index contributed by atoms with van der Waals surface area (Å²) in [6.07, 6.45) is 4.67. The minimum atomic E-state index is -3.93. The van der Waals surface area contributed by atoms with Gasteiger partial charge in [-0.15, -0.1) is 0 Å². The fourth-order valence-corrected chi connectivity index (χ4v) is 6.12. The Kier molecular flexibility index (Phi) is 7.96. The molecular formula is C21H29ClN2O6S. The van der Waals surface area contributed by atoms with E-state index in [1.165, 1.54) is 28.9 Å². The van der Waals surface area contributed by atoms with Crippen LogP contribution in [0.5, 0.6) is 0 Å². The zero-order chi connectivity index (χ0) is 22.6. The van der Waals surface area contributed by atoms with Gasteiger partial charge in [-0.05, 0) is 44.9 Å². The number of rotatable bonds is 6. The van der Waals surface area contributed by atoms with Gasteiger partial charge in [-0.1, -0.05) is 30.9 Å². The molecule has 1 aromatic rings. The predicted octanol–water partition coefficient (Wildman–Crippen LogP) is 2.74. The molecule has 3 rings (SSSR count). The van der Waals surface area contributed by atoms with Crippen LogP contribution >= 0.6 is 11.6 Å². The number of nitrogens with one attached hydrogen (secondary N) is 1. The van der Waals surface area contributed by atoms with Crippen molar-refractivity contribution in [3.63, 3.8) is 0 Å². The number of benzene rings is 1.